The molecule has 1 aliphatic rings. The van der Waals surface area contributed by atoms with Crippen molar-refractivity contribution in [3.8, 4) is 0 Å². The van der Waals surface area contributed by atoms with E-state index in [-0.39, 0.29) is 16.5 Å². The van der Waals surface area contributed by atoms with Gasteiger partial charge in [-0.2, -0.15) is 0 Å². The van der Waals surface area contributed by atoms with Crippen LogP contribution in [-0.4, -0.2) is 27.9 Å². The number of benzene rings is 2. The molecule has 1 saturated heterocycles. The molecule has 2 aromatic carbocycles. The first-order chi connectivity index (χ1) is 12.6. The first-order valence-electron chi connectivity index (χ1n) is 8.61. The van der Waals surface area contributed by atoms with Gasteiger partial charge in [-0.3, -0.25) is 15.0 Å². The molecule has 1 aliphatic heterocycles. The number of para-hydroxylation sites is 1. The van der Waals surface area contributed by atoms with Crippen LogP contribution in [0.25, 0.3) is 11.1 Å². The van der Waals surface area contributed by atoms with Gasteiger partial charge < -0.3 is 4.42 Å². The molecule has 7 heteroatoms. The maximum absolute atomic E-state index is 11.2. The van der Waals surface area contributed by atoms with Gasteiger partial charge in [0.2, 0.25) is 0 Å². The fourth-order valence-electron chi connectivity index (χ4n) is 3.49. The summed E-state index contributed by atoms with van der Waals surface area (Å²) in [5.74, 6) is 1.02. The topological polar surface area (TPSA) is 72.4 Å². The normalized spacial score (nSPS) is 16.2. The van der Waals surface area contributed by atoms with Crippen LogP contribution in [0.5, 0.6) is 0 Å². The minimum absolute atomic E-state index is 0.186. The average Bonchev–Trinajstić information content (AvgIpc) is 3.05. The van der Waals surface area contributed by atoms with Gasteiger partial charge in [0.25, 0.3) is 5.69 Å². The summed E-state index contributed by atoms with van der Waals surface area (Å²) in [4.78, 5) is 17.7. The van der Waals surface area contributed by atoms with Crippen LogP contribution >= 0.6 is 11.6 Å². The van der Waals surface area contributed by atoms with Gasteiger partial charge in [0.15, 0.2) is 11.5 Å². The van der Waals surface area contributed by atoms with Crippen LogP contribution in [0.2, 0.25) is 5.02 Å². The van der Waals surface area contributed by atoms with E-state index in [2.05, 4.69) is 9.88 Å². The van der Waals surface area contributed by atoms with Crippen molar-refractivity contribution in [1.82, 2.24) is 9.88 Å². The smallest absolute Gasteiger partial charge is 0.273 e. The monoisotopic (exact) mass is 371 g/mol. The van der Waals surface area contributed by atoms with E-state index in [0.29, 0.717) is 11.6 Å². The van der Waals surface area contributed by atoms with E-state index in [0.717, 1.165) is 48.5 Å². The van der Waals surface area contributed by atoms with E-state index < -0.39 is 0 Å². The van der Waals surface area contributed by atoms with Crippen molar-refractivity contribution < 1.29 is 9.34 Å². The Morgan fingerprint density at radius 1 is 1.23 bits per heavy atom. The molecule has 0 bridgehead atoms. The third-order valence-corrected chi connectivity index (χ3v) is 5.12. The molecule has 6 nitrogen and oxygen atoms in total. The second kappa shape index (κ2) is 7.05. The van der Waals surface area contributed by atoms with Gasteiger partial charge in [0.05, 0.1) is 4.92 Å². The molecule has 0 amide bonds. The number of piperidine rings is 1. The molecule has 0 spiro atoms. The molecule has 0 N–H and O–H groups in total. The lowest BCUT2D eigenvalue weighted by Crippen LogP contribution is -2.32. The number of fused-ring (bicyclic) bond motifs is 1. The largest absolute Gasteiger partial charge is 0.440 e. The number of nitro groups is 1. The minimum Gasteiger partial charge on any atom is -0.440 e. The number of hydrogen-bond acceptors (Lipinski definition) is 5. The zero-order valence-corrected chi connectivity index (χ0v) is 14.9. The summed E-state index contributed by atoms with van der Waals surface area (Å²) in [5.41, 5.74) is 2.49. The summed E-state index contributed by atoms with van der Waals surface area (Å²) in [6, 6.07) is 12.4. The van der Waals surface area contributed by atoms with Crippen LogP contribution in [0.15, 0.2) is 46.9 Å². The fraction of sp³-hybridized carbons (Fsp3) is 0.316. The summed E-state index contributed by atoms with van der Waals surface area (Å²) in [7, 11) is 0. The van der Waals surface area contributed by atoms with Crippen molar-refractivity contribution in [2.75, 3.05) is 13.1 Å². The Balaban J connectivity index is 1.43. The van der Waals surface area contributed by atoms with Crippen LogP contribution in [0.3, 0.4) is 0 Å². The number of rotatable bonds is 4. The highest BCUT2D eigenvalue weighted by atomic mass is 35.5. The van der Waals surface area contributed by atoms with Crippen molar-refractivity contribution >= 4 is 28.4 Å². The maximum Gasteiger partial charge on any atom is 0.273 e. The number of aromatic nitrogens is 1. The second-order valence-corrected chi connectivity index (χ2v) is 7.04. The Bertz CT molecular complexity index is 948. The molecule has 0 radical (unpaired) electrons. The zero-order valence-electron chi connectivity index (χ0n) is 14.1. The quantitative estimate of drug-likeness (QED) is 0.488. The Labute approximate surface area is 155 Å². The van der Waals surface area contributed by atoms with Gasteiger partial charge in [0.1, 0.15) is 5.52 Å². The summed E-state index contributed by atoms with van der Waals surface area (Å²) >= 11 is 6.01. The SMILES string of the molecule is O=[N+]([O-])c1ccccc1CN1CCC(c2nc3cc(Cl)ccc3o2)CC1. The number of oxazole rings is 1. The number of likely N-dealkylation sites (tertiary alicyclic amines) is 1. The van der Waals surface area contributed by atoms with Crippen molar-refractivity contribution in [2.24, 2.45) is 0 Å². The van der Waals surface area contributed by atoms with Gasteiger partial charge in [-0.25, -0.2) is 4.98 Å². The molecule has 1 aromatic heterocycles. The molecule has 1 fully saturated rings. The highest BCUT2D eigenvalue weighted by Gasteiger charge is 2.26. The van der Waals surface area contributed by atoms with Crippen LogP contribution in [-0.2, 0) is 6.54 Å². The van der Waals surface area contributed by atoms with E-state index in [1.165, 1.54) is 0 Å². The third kappa shape index (κ3) is 3.43. The summed E-state index contributed by atoms with van der Waals surface area (Å²) in [5, 5.41) is 11.8. The maximum atomic E-state index is 11.2. The Morgan fingerprint density at radius 2 is 2.00 bits per heavy atom. The Kier molecular flexibility index (Phi) is 4.61. The molecule has 0 atom stereocenters. The number of nitro benzene ring substituents is 1. The van der Waals surface area contributed by atoms with Gasteiger partial charge >= 0.3 is 0 Å². The van der Waals surface area contributed by atoms with Crippen molar-refractivity contribution in [2.45, 2.75) is 25.3 Å². The van der Waals surface area contributed by atoms with E-state index in [4.69, 9.17) is 16.0 Å². The molecule has 2 heterocycles. The average molecular weight is 372 g/mol. The molecule has 0 unspecified atom stereocenters. The van der Waals surface area contributed by atoms with Crippen LogP contribution < -0.4 is 0 Å². The molecule has 134 valence electrons. The lowest BCUT2D eigenvalue weighted by Gasteiger charge is -2.30. The van der Waals surface area contributed by atoms with E-state index in [9.17, 15) is 10.1 Å². The number of hydrogen-bond donors (Lipinski definition) is 0. The zero-order chi connectivity index (χ0) is 18.1. The first kappa shape index (κ1) is 17.0. The summed E-state index contributed by atoms with van der Waals surface area (Å²) < 4.78 is 5.89. The van der Waals surface area contributed by atoms with Crippen molar-refractivity contribution in [1.29, 1.82) is 0 Å². The highest BCUT2D eigenvalue weighted by molar-refractivity contribution is 6.31. The molecule has 4 rings (SSSR count). The minimum atomic E-state index is -0.314. The fourth-order valence-corrected chi connectivity index (χ4v) is 3.66. The molecular weight excluding hydrogens is 354 g/mol. The first-order valence-corrected chi connectivity index (χ1v) is 8.98. The van der Waals surface area contributed by atoms with Gasteiger partial charge in [-0.15, -0.1) is 0 Å². The Hall–Kier alpha value is -2.44. The third-order valence-electron chi connectivity index (χ3n) is 4.89. The van der Waals surface area contributed by atoms with E-state index in [1.807, 2.05) is 24.3 Å². The molecule has 0 saturated carbocycles. The summed E-state index contributed by atoms with van der Waals surface area (Å²) in [6.07, 6.45) is 1.84. The second-order valence-electron chi connectivity index (χ2n) is 6.60. The van der Waals surface area contributed by atoms with E-state index >= 15 is 0 Å². The van der Waals surface area contributed by atoms with Gasteiger partial charge in [-0.1, -0.05) is 29.8 Å². The highest BCUT2D eigenvalue weighted by Crippen LogP contribution is 2.31. The standard InChI is InChI=1S/C19H18ClN3O3/c20-15-5-6-18-16(11-15)21-19(26-18)13-7-9-22(10-8-13)12-14-3-1-2-4-17(14)23(24)25/h1-6,11,13H,7-10,12H2. The van der Waals surface area contributed by atoms with Crippen LogP contribution in [0.1, 0.15) is 30.2 Å². The summed E-state index contributed by atoms with van der Waals surface area (Å²) in [6.45, 7) is 2.30. The molecular formula is C19H18ClN3O3. The van der Waals surface area contributed by atoms with Gasteiger partial charge in [0, 0.05) is 29.1 Å². The molecule has 26 heavy (non-hydrogen) atoms. The number of halogens is 1. The van der Waals surface area contributed by atoms with Crippen molar-refractivity contribution in [3.05, 3.63) is 69.1 Å². The predicted octanol–water partition coefficient (Wildman–Crippen LogP) is 4.77. The van der Waals surface area contributed by atoms with Crippen molar-refractivity contribution in [3.63, 3.8) is 0 Å². The molecule has 0 aliphatic carbocycles. The number of nitrogens with zero attached hydrogens (tertiary/aromatic N) is 3. The lowest BCUT2D eigenvalue weighted by molar-refractivity contribution is -0.385. The van der Waals surface area contributed by atoms with Gasteiger partial charge in [-0.05, 0) is 44.1 Å². The lowest BCUT2D eigenvalue weighted by atomic mass is 9.96. The Morgan fingerprint density at radius 3 is 2.77 bits per heavy atom. The van der Waals surface area contributed by atoms with Crippen LogP contribution in [0, 0.1) is 10.1 Å². The predicted molar refractivity (Wildman–Crippen MR) is 99.4 cm³/mol. The van der Waals surface area contributed by atoms with Crippen LogP contribution in [0.4, 0.5) is 5.69 Å². The van der Waals surface area contributed by atoms with E-state index in [1.54, 1.807) is 18.2 Å². The molecule has 3 aromatic rings.